The van der Waals surface area contributed by atoms with Crippen LogP contribution in [-0.2, 0) is 13.1 Å². The van der Waals surface area contributed by atoms with Crippen LogP contribution in [0, 0.1) is 5.82 Å². The molecule has 1 saturated heterocycles. The van der Waals surface area contributed by atoms with Crippen molar-refractivity contribution in [3.8, 4) is 0 Å². The lowest BCUT2D eigenvalue weighted by Crippen LogP contribution is -2.40. The van der Waals surface area contributed by atoms with Gasteiger partial charge in [0.05, 0.1) is 6.54 Å². The van der Waals surface area contributed by atoms with Gasteiger partial charge in [-0.15, -0.1) is 10.2 Å². The molecule has 0 bridgehead atoms. The van der Waals surface area contributed by atoms with Crippen molar-refractivity contribution in [3.63, 3.8) is 0 Å². The molecule has 144 valence electrons. The van der Waals surface area contributed by atoms with Crippen molar-refractivity contribution in [1.29, 1.82) is 0 Å². The van der Waals surface area contributed by atoms with Crippen LogP contribution in [0.2, 0.25) is 0 Å². The Hall–Kier alpha value is -2.35. The molecule has 0 spiro atoms. The number of carbonyl (C=O) groups is 1. The minimum atomic E-state index is -0.589. The summed E-state index contributed by atoms with van der Waals surface area (Å²) in [6, 6.07) is 2.74. The molecule has 27 heavy (non-hydrogen) atoms. The van der Waals surface area contributed by atoms with E-state index < -0.39 is 11.7 Å². The number of carbonyl (C=O) groups excluding carboxylic acids is 1. The van der Waals surface area contributed by atoms with E-state index in [0.29, 0.717) is 25.6 Å². The first-order valence-electron chi connectivity index (χ1n) is 9.71. The number of pyridine rings is 1. The normalized spacial score (nSPS) is 18.5. The minimum Gasteiger partial charge on any atom is -0.328 e. The molecule has 0 aromatic carbocycles. The predicted octanol–water partition coefficient (Wildman–Crippen LogP) is 2.06. The third-order valence-corrected chi connectivity index (χ3v) is 5.52. The van der Waals surface area contributed by atoms with Crippen molar-refractivity contribution in [2.24, 2.45) is 0 Å². The third kappa shape index (κ3) is 3.58. The quantitative estimate of drug-likeness (QED) is 0.822. The monoisotopic (exact) mass is 372 g/mol. The van der Waals surface area contributed by atoms with Crippen molar-refractivity contribution in [2.75, 3.05) is 26.2 Å². The molecule has 7 nitrogen and oxygen atoms in total. The maximum absolute atomic E-state index is 13.9. The summed E-state index contributed by atoms with van der Waals surface area (Å²) in [6.07, 6.45) is 4.82. The van der Waals surface area contributed by atoms with Crippen molar-refractivity contribution < 1.29 is 9.18 Å². The van der Waals surface area contributed by atoms with Crippen LogP contribution in [0.1, 0.15) is 54.2 Å². The van der Waals surface area contributed by atoms with E-state index in [1.807, 2.05) is 0 Å². The van der Waals surface area contributed by atoms with Crippen LogP contribution in [0.3, 0.4) is 0 Å². The molecule has 0 aliphatic carbocycles. The van der Waals surface area contributed by atoms with Gasteiger partial charge in [-0.2, -0.15) is 0 Å². The molecule has 2 aromatic rings. The number of rotatable bonds is 4. The number of halogens is 1. The van der Waals surface area contributed by atoms with Crippen molar-refractivity contribution >= 4 is 5.91 Å². The lowest BCUT2D eigenvalue weighted by Gasteiger charge is -2.33. The van der Waals surface area contributed by atoms with Gasteiger partial charge in [-0.1, -0.05) is 6.92 Å². The first-order valence-corrected chi connectivity index (χ1v) is 9.71. The topological polar surface area (TPSA) is 67.2 Å². The molecule has 2 aliphatic heterocycles. The van der Waals surface area contributed by atoms with E-state index in [2.05, 4.69) is 31.6 Å². The van der Waals surface area contributed by atoms with Gasteiger partial charge in [-0.05, 0) is 51.0 Å². The van der Waals surface area contributed by atoms with Gasteiger partial charge in [-0.25, -0.2) is 9.37 Å². The van der Waals surface area contributed by atoms with Crippen LogP contribution in [0.15, 0.2) is 18.3 Å². The Balaban J connectivity index is 1.45. The number of fused-ring (bicyclic) bond motifs is 1. The zero-order valence-electron chi connectivity index (χ0n) is 15.6. The van der Waals surface area contributed by atoms with E-state index in [1.165, 1.54) is 24.8 Å². The number of likely N-dealkylation sites (tertiary alicyclic amines) is 1. The largest absolute Gasteiger partial charge is 0.328 e. The van der Waals surface area contributed by atoms with Gasteiger partial charge >= 0.3 is 0 Å². The molecule has 0 saturated carbocycles. The zero-order valence-corrected chi connectivity index (χ0v) is 15.6. The molecule has 1 amide bonds. The smallest absolute Gasteiger partial charge is 0.275 e. The van der Waals surface area contributed by atoms with Gasteiger partial charge in [0.1, 0.15) is 5.82 Å². The second-order valence-corrected chi connectivity index (χ2v) is 7.30. The average Bonchev–Trinajstić information content (AvgIpc) is 3.12. The SMILES string of the molecule is CCCN1CCC(c2nnc3n2CCN(C(=O)c2ncccc2F)C3)CC1. The Morgan fingerprint density at radius 1 is 1.22 bits per heavy atom. The van der Waals surface area contributed by atoms with E-state index in [1.54, 1.807) is 4.90 Å². The van der Waals surface area contributed by atoms with Gasteiger partial charge < -0.3 is 14.4 Å². The van der Waals surface area contributed by atoms with Crippen LogP contribution < -0.4 is 0 Å². The van der Waals surface area contributed by atoms with Gasteiger partial charge in [0.2, 0.25) is 0 Å². The molecule has 4 heterocycles. The number of amides is 1. The van der Waals surface area contributed by atoms with Crippen molar-refractivity contribution in [1.82, 2.24) is 29.5 Å². The highest BCUT2D eigenvalue weighted by molar-refractivity contribution is 5.92. The molecule has 0 N–H and O–H groups in total. The van der Waals surface area contributed by atoms with Gasteiger partial charge in [0, 0.05) is 25.2 Å². The number of hydrogen-bond donors (Lipinski definition) is 0. The fraction of sp³-hybridized carbons (Fsp3) is 0.579. The highest BCUT2D eigenvalue weighted by Gasteiger charge is 2.30. The van der Waals surface area contributed by atoms with E-state index in [4.69, 9.17) is 0 Å². The summed E-state index contributed by atoms with van der Waals surface area (Å²) in [5, 5.41) is 8.77. The summed E-state index contributed by atoms with van der Waals surface area (Å²) < 4.78 is 16.0. The highest BCUT2D eigenvalue weighted by Crippen LogP contribution is 2.28. The highest BCUT2D eigenvalue weighted by atomic mass is 19.1. The first-order chi connectivity index (χ1) is 13.2. The molecule has 1 fully saturated rings. The molecule has 2 aliphatic rings. The fourth-order valence-electron chi connectivity index (χ4n) is 4.08. The summed E-state index contributed by atoms with van der Waals surface area (Å²) in [5.41, 5.74) is -0.131. The minimum absolute atomic E-state index is 0.131. The maximum atomic E-state index is 13.9. The molecular weight excluding hydrogens is 347 g/mol. The Kier molecular flexibility index (Phi) is 5.15. The van der Waals surface area contributed by atoms with E-state index in [9.17, 15) is 9.18 Å². The van der Waals surface area contributed by atoms with Crippen LogP contribution in [-0.4, -0.2) is 61.6 Å². The number of piperidine rings is 1. The van der Waals surface area contributed by atoms with Crippen LogP contribution in [0.25, 0.3) is 0 Å². The van der Waals surface area contributed by atoms with Crippen LogP contribution in [0.4, 0.5) is 4.39 Å². The van der Waals surface area contributed by atoms with Gasteiger partial charge in [-0.3, -0.25) is 4.79 Å². The molecule has 4 rings (SSSR count). The first kappa shape index (κ1) is 18.0. The summed E-state index contributed by atoms with van der Waals surface area (Å²) >= 11 is 0. The average molecular weight is 372 g/mol. The third-order valence-electron chi connectivity index (χ3n) is 5.52. The Morgan fingerprint density at radius 2 is 2.04 bits per heavy atom. The van der Waals surface area contributed by atoms with Crippen molar-refractivity contribution in [2.45, 2.75) is 45.2 Å². The Labute approximate surface area is 158 Å². The zero-order chi connectivity index (χ0) is 18.8. The predicted molar refractivity (Wildman–Crippen MR) is 97.7 cm³/mol. The van der Waals surface area contributed by atoms with Crippen LogP contribution in [0.5, 0.6) is 0 Å². The standard InChI is InChI=1S/C19H25FN6O/c1-2-8-24-9-5-14(6-10-24)18-23-22-16-13-25(11-12-26(16)18)19(27)17-15(20)4-3-7-21-17/h3-4,7,14H,2,5-6,8-13H2,1H3. The molecule has 0 unspecified atom stereocenters. The van der Waals surface area contributed by atoms with Gasteiger partial charge in [0.25, 0.3) is 5.91 Å². The molecule has 0 radical (unpaired) electrons. The summed E-state index contributed by atoms with van der Waals surface area (Å²) in [6.45, 7) is 7.08. The summed E-state index contributed by atoms with van der Waals surface area (Å²) in [7, 11) is 0. The molecule has 2 aromatic heterocycles. The molecule has 0 atom stereocenters. The van der Waals surface area contributed by atoms with Crippen LogP contribution >= 0.6 is 0 Å². The van der Waals surface area contributed by atoms with Crippen molar-refractivity contribution in [3.05, 3.63) is 41.5 Å². The number of nitrogens with zero attached hydrogens (tertiary/aromatic N) is 6. The fourth-order valence-corrected chi connectivity index (χ4v) is 4.08. The molecular formula is C19H25FN6O. The Bertz CT molecular complexity index is 814. The number of hydrogen-bond acceptors (Lipinski definition) is 5. The van der Waals surface area contributed by atoms with E-state index in [0.717, 1.165) is 44.1 Å². The van der Waals surface area contributed by atoms with E-state index >= 15 is 0 Å². The molecule has 8 heteroatoms. The lowest BCUT2D eigenvalue weighted by molar-refractivity contribution is 0.0694. The lowest BCUT2D eigenvalue weighted by atomic mass is 9.95. The maximum Gasteiger partial charge on any atom is 0.275 e. The van der Waals surface area contributed by atoms with E-state index in [-0.39, 0.29) is 5.69 Å². The second-order valence-electron chi connectivity index (χ2n) is 7.30. The summed E-state index contributed by atoms with van der Waals surface area (Å²) in [5.74, 6) is 1.26. The Morgan fingerprint density at radius 3 is 2.78 bits per heavy atom. The second kappa shape index (κ2) is 7.72. The summed E-state index contributed by atoms with van der Waals surface area (Å²) in [4.78, 5) is 20.6. The number of aromatic nitrogens is 4. The van der Waals surface area contributed by atoms with Gasteiger partial charge in [0.15, 0.2) is 17.3 Å².